The summed E-state index contributed by atoms with van der Waals surface area (Å²) in [5.41, 5.74) is 1.82. The first-order valence-corrected chi connectivity index (χ1v) is 8.76. The van der Waals surface area contributed by atoms with Crippen LogP contribution in [0.25, 0.3) is 0 Å². The summed E-state index contributed by atoms with van der Waals surface area (Å²) >= 11 is 1.40. The number of carbonyl (C=O) groups is 1. The molecule has 1 saturated heterocycles. The van der Waals surface area contributed by atoms with Gasteiger partial charge in [0.2, 0.25) is 5.91 Å². The Morgan fingerprint density at radius 3 is 3.00 bits per heavy atom. The van der Waals surface area contributed by atoms with Crippen molar-refractivity contribution >= 4 is 22.4 Å². The molecule has 7 heteroatoms. The highest BCUT2D eigenvalue weighted by Gasteiger charge is 2.31. The van der Waals surface area contributed by atoms with Crippen molar-refractivity contribution in [2.75, 3.05) is 19.0 Å². The van der Waals surface area contributed by atoms with E-state index in [1.165, 1.54) is 23.5 Å². The first-order valence-electron chi connectivity index (χ1n) is 7.88. The lowest BCUT2D eigenvalue weighted by atomic mass is 10.1. The van der Waals surface area contributed by atoms with E-state index >= 15 is 0 Å². The van der Waals surface area contributed by atoms with Gasteiger partial charge in [0.15, 0.2) is 5.13 Å². The van der Waals surface area contributed by atoms with Crippen molar-refractivity contribution in [1.82, 2.24) is 9.88 Å². The third-order valence-electron chi connectivity index (χ3n) is 4.04. The number of hydrogen-bond donors (Lipinski definition) is 1. The van der Waals surface area contributed by atoms with Gasteiger partial charge in [0.05, 0.1) is 18.3 Å². The van der Waals surface area contributed by atoms with E-state index in [1.54, 1.807) is 19.2 Å². The highest BCUT2D eigenvalue weighted by atomic mass is 32.1. The summed E-state index contributed by atoms with van der Waals surface area (Å²) in [7, 11) is 1.61. The van der Waals surface area contributed by atoms with Crippen molar-refractivity contribution in [3.05, 3.63) is 46.7 Å². The molecule has 0 saturated carbocycles. The predicted octanol–water partition coefficient (Wildman–Crippen LogP) is 3.03. The van der Waals surface area contributed by atoms with Crippen LogP contribution in [0.4, 0.5) is 9.52 Å². The number of thiazole rings is 1. The van der Waals surface area contributed by atoms with Crippen LogP contribution in [0.1, 0.15) is 24.1 Å². The van der Waals surface area contributed by atoms with Crippen LogP contribution in [0.2, 0.25) is 0 Å². The molecule has 0 bridgehead atoms. The zero-order valence-corrected chi connectivity index (χ0v) is 14.3. The summed E-state index contributed by atoms with van der Waals surface area (Å²) in [6.07, 6.45) is 1.80. The average Bonchev–Trinajstić information content (AvgIpc) is 3.19. The van der Waals surface area contributed by atoms with Gasteiger partial charge in [-0.05, 0) is 37.1 Å². The lowest BCUT2D eigenvalue weighted by molar-refractivity contribution is -0.120. The number of carbonyl (C=O) groups excluding carboxylic acids is 1. The molecule has 0 aliphatic carbocycles. The van der Waals surface area contributed by atoms with Gasteiger partial charge in [-0.3, -0.25) is 9.69 Å². The van der Waals surface area contributed by atoms with Crippen LogP contribution in [0, 0.1) is 5.82 Å². The van der Waals surface area contributed by atoms with E-state index in [0.717, 1.165) is 30.6 Å². The Balaban J connectivity index is 1.61. The van der Waals surface area contributed by atoms with Crippen LogP contribution in [0.15, 0.2) is 29.6 Å². The number of anilines is 1. The second-order valence-electron chi connectivity index (χ2n) is 5.82. The van der Waals surface area contributed by atoms with Gasteiger partial charge in [-0.1, -0.05) is 12.1 Å². The Hall–Kier alpha value is -1.83. The maximum Gasteiger partial charge on any atom is 0.243 e. The Morgan fingerprint density at radius 2 is 2.25 bits per heavy atom. The number of benzene rings is 1. The van der Waals surface area contributed by atoms with E-state index < -0.39 is 0 Å². The van der Waals surface area contributed by atoms with Crippen molar-refractivity contribution in [2.24, 2.45) is 0 Å². The average molecular weight is 349 g/mol. The second kappa shape index (κ2) is 7.83. The molecule has 2 heterocycles. The number of likely N-dealkylation sites (tertiary alicyclic amines) is 1. The van der Waals surface area contributed by atoms with E-state index in [0.29, 0.717) is 18.3 Å². The minimum atomic E-state index is -0.245. The number of nitrogens with one attached hydrogen (secondary N) is 1. The molecular formula is C17H20FN3O2S. The standard InChI is InChI=1S/C17H20FN3O2S/c1-23-10-14-11-24-17(19-14)20-16(22)15-3-2-8-21(15)9-12-4-6-13(18)7-5-12/h4-7,11,15H,2-3,8-10H2,1H3,(H,19,20,22)/t15-/m0/s1. The van der Waals surface area contributed by atoms with Crippen molar-refractivity contribution in [2.45, 2.75) is 32.0 Å². The van der Waals surface area contributed by atoms with Crippen LogP contribution >= 0.6 is 11.3 Å². The third kappa shape index (κ3) is 4.17. The smallest absolute Gasteiger partial charge is 0.243 e. The van der Waals surface area contributed by atoms with E-state index in [2.05, 4.69) is 15.2 Å². The highest BCUT2D eigenvalue weighted by molar-refractivity contribution is 7.13. The van der Waals surface area contributed by atoms with Crippen molar-refractivity contribution < 1.29 is 13.9 Å². The molecule has 1 aromatic carbocycles. The molecule has 1 amide bonds. The van der Waals surface area contributed by atoms with Gasteiger partial charge < -0.3 is 10.1 Å². The number of halogens is 1. The van der Waals surface area contributed by atoms with Gasteiger partial charge in [0, 0.05) is 19.0 Å². The minimum absolute atomic E-state index is 0.0343. The molecule has 1 N–H and O–H groups in total. The number of nitrogens with zero attached hydrogens (tertiary/aromatic N) is 2. The first-order chi connectivity index (χ1) is 11.7. The van der Waals surface area contributed by atoms with Crippen LogP contribution in [-0.2, 0) is 22.7 Å². The molecule has 5 nitrogen and oxygen atoms in total. The van der Waals surface area contributed by atoms with E-state index in [1.807, 2.05) is 5.38 Å². The van der Waals surface area contributed by atoms with Gasteiger partial charge in [-0.2, -0.15) is 0 Å². The van der Waals surface area contributed by atoms with Crippen LogP contribution in [0.5, 0.6) is 0 Å². The third-order valence-corrected chi connectivity index (χ3v) is 4.85. The van der Waals surface area contributed by atoms with Gasteiger partial charge in [-0.15, -0.1) is 11.3 Å². The van der Waals surface area contributed by atoms with Crippen LogP contribution < -0.4 is 5.32 Å². The summed E-state index contributed by atoms with van der Waals surface area (Å²) in [6.45, 7) is 1.94. The fourth-order valence-electron chi connectivity index (χ4n) is 2.90. The van der Waals surface area contributed by atoms with Crippen molar-refractivity contribution in [3.8, 4) is 0 Å². The minimum Gasteiger partial charge on any atom is -0.378 e. The fraction of sp³-hybridized carbons (Fsp3) is 0.412. The monoisotopic (exact) mass is 349 g/mol. The van der Waals surface area contributed by atoms with Crippen LogP contribution in [0.3, 0.4) is 0 Å². The molecule has 1 fully saturated rings. The molecular weight excluding hydrogens is 329 g/mol. The first kappa shape index (κ1) is 17.0. The van der Waals surface area contributed by atoms with Crippen LogP contribution in [-0.4, -0.2) is 35.5 Å². The number of hydrogen-bond acceptors (Lipinski definition) is 5. The summed E-state index contributed by atoms with van der Waals surface area (Å²) in [5, 5.41) is 5.38. The second-order valence-corrected chi connectivity index (χ2v) is 6.68. The summed E-state index contributed by atoms with van der Waals surface area (Å²) in [5.74, 6) is -0.280. The lowest BCUT2D eigenvalue weighted by Crippen LogP contribution is -2.39. The Kier molecular flexibility index (Phi) is 5.55. The molecule has 1 aliphatic heterocycles. The quantitative estimate of drug-likeness (QED) is 0.871. The number of amides is 1. The van der Waals surface area contributed by atoms with Gasteiger partial charge in [0.1, 0.15) is 5.82 Å². The molecule has 1 aliphatic rings. The van der Waals surface area contributed by atoms with Crippen molar-refractivity contribution in [1.29, 1.82) is 0 Å². The molecule has 1 aromatic heterocycles. The Morgan fingerprint density at radius 1 is 1.46 bits per heavy atom. The summed E-state index contributed by atoms with van der Waals surface area (Å²) in [4.78, 5) is 19.0. The van der Waals surface area contributed by atoms with E-state index in [9.17, 15) is 9.18 Å². The normalized spacial score (nSPS) is 18.0. The maximum atomic E-state index is 13.0. The topological polar surface area (TPSA) is 54.5 Å². The molecule has 2 aromatic rings. The zero-order valence-electron chi connectivity index (χ0n) is 13.5. The SMILES string of the molecule is COCc1csc(NC(=O)[C@@H]2CCCN2Cc2ccc(F)cc2)n1. The zero-order chi connectivity index (χ0) is 16.9. The molecule has 0 spiro atoms. The Labute approximate surface area is 144 Å². The van der Waals surface area contributed by atoms with Gasteiger partial charge in [-0.25, -0.2) is 9.37 Å². The maximum absolute atomic E-state index is 13.0. The molecule has 24 heavy (non-hydrogen) atoms. The van der Waals surface area contributed by atoms with Crippen molar-refractivity contribution in [3.63, 3.8) is 0 Å². The molecule has 128 valence electrons. The summed E-state index contributed by atoms with van der Waals surface area (Å²) < 4.78 is 18.0. The van der Waals surface area contributed by atoms with Gasteiger partial charge >= 0.3 is 0 Å². The Bertz CT molecular complexity index is 689. The summed E-state index contributed by atoms with van der Waals surface area (Å²) in [6, 6.07) is 6.26. The van der Waals surface area contributed by atoms with E-state index in [4.69, 9.17) is 4.74 Å². The number of aromatic nitrogens is 1. The molecule has 0 unspecified atom stereocenters. The molecule has 3 rings (SSSR count). The number of rotatable bonds is 6. The van der Waals surface area contributed by atoms with E-state index in [-0.39, 0.29) is 17.8 Å². The molecule has 0 radical (unpaired) electrons. The molecule has 1 atom stereocenters. The highest BCUT2D eigenvalue weighted by Crippen LogP contribution is 2.23. The van der Waals surface area contributed by atoms with Gasteiger partial charge in [0.25, 0.3) is 0 Å². The lowest BCUT2D eigenvalue weighted by Gasteiger charge is -2.23. The predicted molar refractivity (Wildman–Crippen MR) is 91.3 cm³/mol. The number of ether oxygens (including phenoxy) is 1. The fourth-order valence-corrected chi connectivity index (χ4v) is 3.60. The largest absolute Gasteiger partial charge is 0.378 e. The number of methoxy groups -OCH3 is 1.